The highest BCUT2D eigenvalue weighted by Crippen LogP contribution is 2.42. The van der Waals surface area contributed by atoms with E-state index in [9.17, 15) is 18.3 Å². The third-order valence-corrected chi connectivity index (χ3v) is 8.27. The van der Waals surface area contributed by atoms with Gasteiger partial charge >= 0.3 is 6.18 Å². The van der Waals surface area contributed by atoms with Gasteiger partial charge in [-0.1, -0.05) is 13.8 Å². The van der Waals surface area contributed by atoms with Crippen molar-refractivity contribution in [3.05, 3.63) is 40.2 Å². The van der Waals surface area contributed by atoms with Crippen LogP contribution in [0.1, 0.15) is 54.2 Å². The number of aliphatic hydroxyl groups is 1. The Labute approximate surface area is 199 Å². The fourth-order valence-corrected chi connectivity index (χ4v) is 6.28. The van der Waals surface area contributed by atoms with Gasteiger partial charge in [-0.3, -0.25) is 4.90 Å². The molecule has 4 aromatic heterocycles. The van der Waals surface area contributed by atoms with Crippen LogP contribution < -0.4 is 0 Å². The molecule has 0 aromatic carbocycles. The van der Waals surface area contributed by atoms with Crippen molar-refractivity contribution in [3.63, 3.8) is 0 Å². The summed E-state index contributed by atoms with van der Waals surface area (Å²) in [6.45, 7) is 9.52. The number of aromatic amines is 1. The zero-order valence-electron chi connectivity index (χ0n) is 19.6. The first-order valence-electron chi connectivity index (χ1n) is 11.4. The molecule has 4 aromatic rings. The van der Waals surface area contributed by atoms with Crippen LogP contribution in [0.3, 0.4) is 0 Å². The molecule has 2 N–H and O–H groups in total. The van der Waals surface area contributed by atoms with E-state index in [1.807, 2.05) is 11.1 Å². The Morgan fingerprint density at radius 2 is 1.91 bits per heavy atom. The first-order chi connectivity index (χ1) is 16.0. The summed E-state index contributed by atoms with van der Waals surface area (Å²) >= 11 is 1.69. The minimum absolute atomic E-state index is 0.223. The van der Waals surface area contributed by atoms with Crippen LogP contribution >= 0.6 is 11.3 Å². The summed E-state index contributed by atoms with van der Waals surface area (Å²) < 4.78 is 42.3. The number of hydrogen-bond acceptors (Lipinski definition) is 5. The molecule has 0 unspecified atom stereocenters. The predicted molar refractivity (Wildman–Crippen MR) is 127 cm³/mol. The summed E-state index contributed by atoms with van der Waals surface area (Å²) in [5, 5.41) is 14.3. The zero-order valence-corrected chi connectivity index (χ0v) is 20.4. The molecule has 10 heteroatoms. The topological polar surface area (TPSA) is 69.5 Å². The van der Waals surface area contributed by atoms with E-state index in [1.54, 1.807) is 22.2 Å². The SMILES string of the molecule is Cc1c(-c2[nH]c3cc(CN4CCC(O)(C(F)(F)F)CC4)sc3c2C(C)C)cn2ncnc2c1C. The van der Waals surface area contributed by atoms with E-state index in [2.05, 4.69) is 48.8 Å². The van der Waals surface area contributed by atoms with Crippen LogP contribution in [0.2, 0.25) is 0 Å². The second-order valence-corrected chi connectivity index (χ2v) is 10.8. The van der Waals surface area contributed by atoms with Crippen molar-refractivity contribution in [1.82, 2.24) is 24.5 Å². The standard InChI is InChI=1S/C24H28F3N5OS/c1-13(2)19-20(17-11-32-22(28-12-29-32)15(4)14(17)3)30-18-9-16(34-21(18)19)10-31-7-5-23(33,6-8-31)24(25,26)27/h9,11-13,30,33H,5-8,10H2,1-4H3. The van der Waals surface area contributed by atoms with Gasteiger partial charge in [-0.2, -0.15) is 18.3 Å². The van der Waals surface area contributed by atoms with Gasteiger partial charge in [0.25, 0.3) is 0 Å². The Morgan fingerprint density at radius 1 is 1.21 bits per heavy atom. The number of nitrogens with zero attached hydrogens (tertiary/aromatic N) is 4. The van der Waals surface area contributed by atoms with Crippen LogP contribution in [0.5, 0.6) is 0 Å². The van der Waals surface area contributed by atoms with E-state index >= 15 is 0 Å². The molecule has 0 saturated carbocycles. The van der Waals surface area contributed by atoms with Gasteiger partial charge in [-0.15, -0.1) is 11.3 Å². The van der Waals surface area contributed by atoms with Crippen molar-refractivity contribution < 1.29 is 18.3 Å². The lowest BCUT2D eigenvalue weighted by atomic mass is 9.91. The van der Waals surface area contributed by atoms with Crippen LogP contribution in [-0.4, -0.2) is 54.5 Å². The number of pyridine rings is 1. The van der Waals surface area contributed by atoms with Gasteiger partial charge in [-0.05, 0) is 55.4 Å². The van der Waals surface area contributed by atoms with Crippen molar-refractivity contribution in [1.29, 1.82) is 0 Å². The quantitative estimate of drug-likeness (QED) is 0.392. The van der Waals surface area contributed by atoms with Crippen LogP contribution in [0.15, 0.2) is 18.6 Å². The molecule has 1 saturated heterocycles. The lowest BCUT2D eigenvalue weighted by Gasteiger charge is -2.38. The highest BCUT2D eigenvalue weighted by atomic mass is 32.1. The number of alkyl halides is 3. The fraction of sp³-hybridized carbons (Fsp3) is 0.500. The van der Waals surface area contributed by atoms with Gasteiger partial charge in [0.1, 0.15) is 6.33 Å². The number of fused-ring (bicyclic) bond motifs is 2. The van der Waals surface area contributed by atoms with E-state index in [1.165, 1.54) is 10.3 Å². The largest absolute Gasteiger partial charge is 0.417 e. The number of halogens is 3. The number of H-pyrrole nitrogens is 1. The molecule has 1 aliphatic rings. The Balaban J connectivity index is 1.46. The molecule has 0 aliphatic carbocycles. The number of hydrogen-bond donors (Lipinski definition) is 2. The third-order valence-electron chi connectivity index (χ3n) is 7.12. The summed E-state index contributed by atoms with van der Waals surface area (Å²) in [5.41, 5.74) is 4.97. The van der Waals surface area contributed by atoms with Gasteiger partial charge in [0.15, 0.2) is 11.2 Å². The van der Waals surface area contributed by atoms with Crippen molar-refractivity contribution in [3.8, 4) is 11.3 Å². The maximum Gasteiger partial charge on any atom is 0.417 e. The van der Waals surface area contributed by atoms with E-state index in [0.29, 0.717) is 6.54 Å². The molecule has 5 rings (SSSR count). The van der Waals surface area contributed by atoms with E-state index in [4.69, 9.17) is 0 Å². The number of piperidine rings is 1. The normalized spacial score (nSPS) is 17.4. The third kappa shape index (κ3) is 3.72. The number of rotatable bonds is 4. The van der Waals surface area contributed by atoms with Crippen LogP contribution in [-0.2, 0) is 6.54 Å². The predicted octanol–water partition coefficient (Wildman–Crippen LogP) is 5.57. The minimum atomic E-state index is -4.58. The highest BCUT2D eigenvalue weighted by Gasteiger charge is 2.54. The zero-order chi connectivity index (χ0) is 24.4. The number of likely N-dealkylation sites (tertiary alicyclic amines) is 1. The Morgan fingerprint density at radius 3 is 2.56 bits per heavy atom. The second kappa shape index (κ2) is 8.07. The van der Waals surface area contributed by atoms with Gasteiger partial charge in [-0.25, -0.2) is 9.50 Å². The highest BCUT2D eigenvalue weighted by molar-refractivity contribution is 7.19. The molecule has 5 heterocycles. The Hall–Kier alpha value is -2.43. The molecule has 0 spiro atoms. The van der Waals surface area contributed by atoms with Gasteiger partial charge in [0.05, 0.1) is 15.9 Å². The lowest BCUT2D eigenvalue weighted by Crippen LogP contribution is -2.53. The van der Waals surface area contributed by atoms with Crippen molar-refractivity contribution in [2.75, 3.05) is 13.1 Å². The lowest BCUT2D eigenvalue weighted by molar-refractivity contribution is -0.272. The summed E-state index contributed by atoms with van der Waals surface area (Å²) in [6.07, 6.45) is -1.58. The monoisotopic (exact) mass is 491 g/mol. The second-order valence-electron chi connectivity index (χ2n) is 9.65. The Kier molecular flexibility index (Phi) is 5.53. The number of thiophene rings is 1. The maximum absolute atomic E-state index is 13.1. The molecule has 34 heavy (non-hydrogen) atoms. The first kappa shape index (κ1) is 23.3. The molecular formula is C24H28F3N5OS. The maximum atomic E-state index is 13.1. The fourth-order valence-electron chi connectivity index (χ4n) is 4.93. The molecular weight excluding hydrogens is 463 g/mol. The summed E-state index contributed by atoms with van der Waals surface area (Å²) in [6, 6.07) is 2.11. The van der Waals surface area contributed by atoms with Gasteiger partial charge < -0.3 is 10.1 Å². The van der Waals surface area contributed by atoms with Crippen molar-refractivity contribution in [2.45, 2.75) is 64.8 Å². The number of aryl methyl sites for hydroxylation is 1. The molecule has 0 bridgehead atoms. The van der Waals surface area contributed by atoms with E-state index in [0.717, 1.165) is 38.4 Å². The van der Waals surface area contributed by atoms with Crippen molar-refractivity contribution >= 4 is 27.2 Å². The van der Waals surface area contributed by atoms with E-state index < -0.39 is 11.8 Å². The van der Waals surface area contributed by atoms with Crippen molar-refractivity contribution in [2.24, 2.45) is 0 Å². The Bertz CT molecular complexity index is 1360. The summed E-state index contributed by atoms with van der Waals surface area (Å²) in [4.78, 5) is 11.1. The van der Waals surface area contributed by atoms with Crippen LogP contribution in [0.4, 0.5) is 13.2 Å². The molecule has 1 aliphatic heterocycles. The van der Waals surface area contributed by atoms with E-state index in [-0.39, 0.29) is 31.8 Å². The molecule has 6 nitrogen and oxygen atoms in total. The number of nitrogens with one attached hydrogen (secondary N) is 1. The summed E-state index contributed by atoms with van der Waals surface area (Å²) in [7, 11) is 0. The smallest absolute Gasteiger partial charge is 0.380 e. The average Bonchev–Trinajstić information content (AvgIpc) is 3.45. The summed E-state index contributed by atoms with van der Waals surface area (Å²) in [5.74, 6) is 0.276. The van der Waals surface area contributed by atoms with Gasteiger partial charge in [0.2, 0.25) is 0 Å². The average molecular weight is 492 g/mol. The number of aromatic nitrogens is 4. The first-order valence-corrected chi connectivity index (χ1v) is 12.3. The molecule has 0 atom stereocenters. The molecule has 0 radical (unpaired) electrons. The van der Waals surface area contributed by atoms with Crippen LogP contribution in [0, 0.1) is 13.8 Å². The minimum Gasteiger partial charge on any atom is -0.380 e. The molecule has 0 amide bonds. The molecule has 1 fully saturated rings. The molecule has 182 valence electrons. The van der Waals surface area contributed by atoms with Gasteiger partial charge in [0, 0.05) is 36.3 Å². The van der Waals surface area contributed by atoms with Crippen LogP contribution in [0.25, 0.3) is 27.1 Å².